The van der Waals surface area contributed by atoms with Crippen LogP contribution in [0.1, 0.15) is 49.9 Å². The van der Waals surface area contributed by atoms with Crippen LogP contribution >= 0.6 is 0 Å². The molecule has 1 heterocycles. The van der Waals surface area contributed by atoms with Crippen LogP contribution in [-0.4, -0.2) is 48.2 Å². The Bertz CT molecular complexity index is 785. The van der Waals surface area contributed by atoms with Crippen molar-refractivity contribution in [2.75, 3.05) is 25.1 Å². The van der Waals surface area contributed by atoms with Gasteiger partial charge in [0.2, 0.25) is 11.8 Å². The van der Waals surface area contributed by atoms with Crippen LogP contribution in [0.2, 0.25) is 0 Å². The number of hydrogen-bond donors (Lipinski definition) is 1. The Balaban J connectivity index is 1.48. The van der Waals surface area contributed by atoms with Gasteiger partial charge in [-0.25, -0.2) is 0 Å². The van der Waals surface area contributed by atoms with Gasteiger partial charge in [0.15, 0.2) is 0 Å². The zero-order chi connectivity index (χ0) is 20.6. The lowest BCUT2D eigenvalue weighted by atomic mass is 9.92. The van der Waals surface area contributed by atoms with E-state index in [-0.39, 0.29) is 18.1 Å². The summed E-state index contributed by atoms with van der Waals surface area (Å²) >= 11 is 0. The first-order valence-electron chi connectivity index (χ1n) is 10.3. The number of nitrogens with one attached hydrogen (secondary N) is 1. The smallest absolute Gasteiger partial charge is 0.251 e. The molecule has 3 rings (SSSR count). The lowest BCUT2D eigenvalue weighted by molar-refractivity contribution is 0.0889. The number of amides is 1. The number of methoxy groups -OCH3 is 1. The summed E-state index contributed by atoms with van der Waals surface area (Å²) in [6.07, 6.45) is 6.72. The predicted octanol–water partition coefficient (Wildman–Crippen LogP) is 3.45. The van der Waals surface area contributed by atoms with Gasteiger partial charge in [-0.05, 0) is 63.8 Å². The molecule has 1 aromatic heterocycles. The first-order chi connectivity index (χ1) is 14.1. The van der Waals surface area contributed by atoms with Crippen molar-refractivity contribution in [1.82, 2.24) is 15.3 Å². The fourth-order valence-electron chi connectivity index (χ4n) is 3.66. The second kappa shape index (κ2) is 10.1. The molecule has 1 N–H and O–H groups in total. The molecule has 0 bridgehead atoms. The number of aromatic nitrogens is 2. The predicted molar refractivity (Wildman–Crippen MR) is 113 cm³/mol. The summed E-state index contributed by atoms with van der Waals surface area (Å²) in [6.45, 7) is 6.17. The molecule has 7 heteroatoms. The Morgan fingerprint density at radius 1 is 1.07 bits per heavy atom. The molecule has 0 saturated heterocycles. The van der Waals surface area contributed by atoms with E-state index in [9.17, 15) is 4.79 Å². The molecule has 1 aromatic carbocycles. The number of nitrogens with zero attached hydrogens (tertiary/aromatic N) is 3. The first kappa shape index (κ1) is 20.9. The van der Waals surface area contributed by atoms with Crippen molar-refractivity contribution in [2.45, 2.75) is 51.7 Å². The van der Waals surface area contributed by atoms with Crippen LogP contribution < -0.4 is 19.7 Å². The van der Waals surface area contributed by atoms with Crippen LogP contribution in [0.15, 0.2) is 36.7 Å². The highest BCUT2D eigenvalue weighted by atomic mass is 16.5. The topological polar surface area (TPSA) is 76.6 Å². The molecule has 1 aliphatic carbocycles. The zero-order valence-electron chi connectivity index (χ0n) is 17.4. The molecule has 0 aliphatic heterocycles. The summed E-state index contributed by atoms with van der Waals surface area (Å²) in [4.78, 5) is 23.2. The maximum Gasteiger partial charge on any atom is 0.251 e. The summed E-state index contributed by atoms with van der Waals surface area (Å²) in [7, 11) is 1.55. The van der Waals surface area contributed by atoms with Crippen molar-refractivity contribution in [3.63, 3.8) is 0 Å². The third-order valence-electron chi connectivity index (χ3n) is 5.35. The van der Waals surface area contributed by atoms with Crippen molar-refractivity contribution >= 4 is 11.6 Å². The van der Waals surface area contributed by atoms with Crippen molar-refractivity contribution in [3.8, 4) is 11.8 Å². The van der Waals surface area contributed by atoms with E-state index in [2.05, 4.69) is 34.0 Å². The SMILES string of the molecule is CCN(CC)c1ccc(C(=O)NC2CCC(Oc3cncc(OC)n3)CC2)cc1. The fraction of sp³-hybridized carbons (Fsp3) is 0.500. The minimum absolute atomic E-state index is 0.0147. The molecule has 7 nitrogen and oxygen atoms in total. The molecule has 0 unspecified atom stereocenters. The summed E-state index contributed by atoms with van der Waals surface area (Å²) in [6, 6.07) is 8.00. The molecular weight excluding hydrogens is 368 g/mol. The zero-order valence-corrected chi connectivity index (χ0v) is 17.4. The standard InChI is InChI=1S/C22H30N4O3/c1-4-26(5-2)18-10-6-16(7-11-18)22(27)24-17-8-12-19(13-9-17)29-21-15-23-14-20(25-21)28-3/h6-7,10-11,14-15,17,19H,4-5,8-9,12-13H2,1-3H3,(H,24,27). The van der Waals surface area contributed by atoms with Gasteiger partial charge >= 0.3 is 0 Å². The van der Waals surface area contributed by atoms with Gasteiger partial charge in [-0.3, -0.25) is 9.78 Å². The number of hydrogen-bond acceptors (Lipinski definition) is 6. The van der Waals surface area contributed by atoms with Gasteiger partial charge in [0.1, 0.15) is 6.10 Å². The molecule has 1 fully saturated rings. The van der Waals surface area contributed by atoms with Crippen molar-refractivity contribution in [3.05, 3.63) is 42.2 Å². The lowest BCUT2D eigenvalue weighted by Gasteiger charge is -2.29. The molecular formula is C22H30N4O3. The van der Waals surface area contributed by atoms with E-state index in [0.29, 0.717) is 17.3 Å². The normalized spacial score (nSPS) is 18.7. The Labute approximate surface area is 172 Å². The summed E-state index contributed by atoms with van der Waals surface area (Å²) in [5.74, 6) is 0.903. The van der Waals surface area contributed by atoms with Crippen LogP contribution in [0.4, 0.5) is 5.69 Å². The van der Waals surface area contributed by atoms with Crippen LogP contribution in [0.5, 0.6) is 11.8 Å². The number of ether oxygens (including phenoxy) is 2. The van der Waals surface area contributed by atoms with E-state index in [1.54, 1.807) is 19.5 Å². The molecule has 2 aromatic rings. The minimum atomic E-state index is -0.0147. The van der Waals surface area contributed by atoms with E-state index >= 15 is 0 Å². The third kappa shape index (κ3) is 5.59. The molecule has 0 atom stereocenters. The monoisotopic (exact) mass is 398 g/mol. The number of anilines is 1. The quantitative estimate of drug-likeness (QED) is 0.734. The van der Waals surface area contributed by atoms with Crippen LogP contribution in [0.25, 0.3) is 0 Å². The second-order valence-corrected chi connectivity index (χ2v) is 7.18. The van der Waals surface area contributed by atoms with Gasteiger partial charge in [0, 0.05) is 30.4 Å². The Morgan fingerprint density at radius 2 is 1.72 bits per heavy atom. The van der Waals surface area contributed by atoms with Crippen molar-refractivity contribution < 1.29 is 14.3 Å². The maximum absolute atomic E-state index is 12.6. The van der Waals surface area contributed by atoms with Gasteiger partial charge in [0.25, 0.3) is 5.91 Å². The average Bonchev–Trinajstić information content (AvgIpc) is 2.76. The Morgan fingerprint density at radius 3 is 2.34 bits per heavy atom. The summed E-state index contributed by atoms with van der Waals surface area (Å²) in [5.41, 5.74) is 1.84. The molecule has 1 aliphatic rings. The minimum Gasteiger partial charge on any atom is -0.480 e. The molecule has 1 saturated carbocycles. The molecule has 1 amide bonds. The highest BCUT2D eigenvalue weighted by Gasteiger charge is 2.24. The van der Waals surface area contributed by atoms with Crippen molar-refractivity contribution in [2.24, 2.45) is 0 Å². The fourth-order valence-corrected chi connectivity index (χ4v) is 3.66. The van der Waals surface area contributed by atoms with Gasteiger partial charge in [-0.1, -0.05) is 0 Å². The number of carbonyl (C=O) groups is 1. The van der Waals surface area contributed by atoms with E-state index in [1.807, 2.05) is 24.3 Å². The average molecular weight is 399 g/mol. The van der Waals surface area contributed by atoms with Gasteiger partial charge < -0.3 is 19.7 Å². The second-order valence-electron chi connectivity index (χ2n) is 7.18. The van der Waals surface area contributed by atoms with Crippen LogP contribution in [-0.2, 0) is 0 Å². The lowest BCUT2D eigenvalue weighted by Crippen LogP contribution is -2.39. The van der Waals surface area contributed by atoms with Crippen LogP contribution in [0, 0.1) is 0 Å². The third-order valence-corrected chi connectivity index (χ3v) is 5.35. The van der Waals surface area contributed by atoms with Gasteiger partial charge in [-0.2, -0.15) is 4.98 Å². The van der Waals surface area contributed by atoms with E-state index in [0.717, 1.165) is 44.5 Å². The highest BCUT2D eigenvalue weighted by molar-refractivity contribution is 5.94. The largest absolute Gasteiger partial charge is 0.480 e. The molecule has 29 heavy (non-hydrogen) atoms. The van der Waals surface area contributed by atoms with Gasteiger partial charge in [-0.15, -0.1) is 0 Å². The van der Waals surface area contributed by atoms with Crippen molar-refractivity contribution in [1.29, 1.82) is 0 Å². The molecule has 0 radical (unpaired) electrons. The summed E-state index contributed by atoms with van der Waals surface area (Å²) in [5, 5.41) is 3.16. The Hall–Kier alpha value is -2.83. The molecule has 156 valence electrons. The first-order valence-corrected chi connectivity index (χ1v) is 10.3. The number of benzene rings is 1. The van der Waals surface area contributed by atoms with E-state index in [1.165, 1.54) is 0 Å². The number of carbonyl (C=O) groups excluding carboxylic acids is 1. The van der Waals surface area contributed by atoms with E-state index < -0.39 is 0 Å². The van der Waals surface area contributed by atoms with Crippen LogP contribution in [0.3, 0.4) is 0 Å². The molecule has 0 spiro atoms. The Kier molecular flexibility index (Phi) is 7.27. The summed E-state index contributed by atoms with van der Waals surface area (Å²) < 4.78 is 11.0. The highest BCUT2D eigenvalue weighted by Crippen LogP contribution is 2.24. The number of rotatable bonds is 8. The van der Waals surface area contributed by atoms with Gasteiger partial charge in [0.05, 0.1) is 19.5 Å². The maximum atomic E-state index is 12.6. The van der Waals surface area contributed by atoms with E-state index in [4.69, 9.17) is 9.47 Å².